The highest BCUT2D eigenvalue weighted by atomic mass is 15.0. The van der Waals surface area contributed by atoms with Crippen molar-refractivity contribution in [3.05, 3.63) is 127 Å². The van der Waals surface area contributed by atoms with Crippen molar-refractivity contribution in [3.8, 4) is 5.69 Å². The monoisotopic (exact) mass is 535 g/mol. The summed E-state index contributed by atoms with van der Waals surface area (Å²) < 4.78 is 2.37. The molecule has 3 heterocycles. The van der Waals surface area contributed by atoms with Crippen LogP contribution in [0.1, 0.15) is 52.8 Å². The van der Waals surface area contributed by atoms with Crippen LogP contribution in [0.15, 0.2) is 115 Å². The molecule has 0 unspecified atom stereocenters. The van der Waals surface area contributed by atoms with Gasteiger partial charge in [-0.05, 0) is 47.4 Å². The van der Waals surface area contributed by atoms with E-state index in [4.69, 9.17) is 4.98 Å². The van der Waals surface area contributed by atoms with Crippen LogP contribution >= 0.6 is 0 Å². The molecule has 204 valence electrons. The quantitative estimate of drug-likeness (QED) is 0.196. The third-order valence-corrected chi connectivity index (χ3v) is 7.75. The summed E-state index contributed by atoms with van der Waals surface area (Å²) in [6.07, 6.45) is 1.83. The van der Waals surface area contributed by atoms with Gasteiger partial charge in [0.1, 0.15) is 0 Å². The number of para-hydroxylation sites is 2. The molecule has 0 atom stereocenters. The highest BCUT2D eigenvalue weighted by Crippen LogP contribution is 2.33. The Balaban J connectivity index is 0.000000152. The fraction of sp³-hybridized carbons (Fsp3) is 0.211. The smallest absolute Gasteiger partial charge is 0.0968 e. The fourth-order valence-electron chi connectivity index (χ4n) is 5.45. The summed E-state index contributed by atoms with van der Waals surface area (Å²) in [5.74, 6) is 0. The summed E-state index contributed by atoms with van der Waals surface area (Å²) >= 11 is 0. The van der Waals surface area contributed by atoms with Crippen LogP contribution in [0.25, 0.3) is 49.3 Å². The largest absolute Gasteiger partial charge is 0.309 e. The first-order valence-electron chi connectivity index (χ1n) is 14.4. The van der Waals surface area contributed by atoms with Gasteiger partial charge >= 0.3 is 0 Å². The van der Waals surface area contributed by atoms with Gasteiger partial charge in [0.25, 0.3) is 0 Å². The number of hydrogen-bond acceptors (Lipinski definition) is 2. The zero-order valence-corrected chi connectivity index (χ0v) is 24.8. The Morgan fingerprint density at radius 2 is 1.15 bits per heavy atom. The lowest BCUT2D eigenvalue weighted by molar-refractivity contribution is 0.571. The zero-order valence-electron chi connectivity index (χ0n) is 24.8. The Morgan fingerprint density at radius 1 is 0.537 bits per heavy atom. The number of benzene rings is 4. The van der Waals surface area contributed by atoms with E-state index in [1.807, 2.05) is 12.3 Å². The molecule has 7 rings (SSSR count). The SMILES string of the molecule is CC(C)(C)c1ccc2ccc3cccnc3c2n1.CC(C)(C)c1cccc(-n2c3ccccc3c3ccccc32)c1. The number of fused-ring (bicyclic) bond motifs is 6. The molecule has 0 aliphatic rings. The molecule has 0 amide bonds. The second-order valence-corrected chi connectivity index (χ2v) is 12.8. The number of hydrogen-bond donors (Lipinski definition) is 0. The molecule has 7 aromatic rings. The number of aromatic nitrogens is 3. The van der Waals surface area contributed by atoms with Crippen molar-refractivity contribution in [2.45, 2.75) is 52.4 Å². The van der Waals surface area contributed by atoms with Crippen LogP contribution in [0.4, 0.5) is 0 Å². The van der Waals surface area contributed by atoms with Crippen molar-refractivity contribution in [2.24, 2.45) is 0 Å². The Hall–Kier alpha value is -4.50. The minimum atomic E-state index is 0.0606. The summed E-state index contributed by atoms with van der Waals surface area (Å²) in [4.78, 5) is 9.28. The topological polar surface area (TPSA) is 30.7 Å². The van der Waals surface area contributed by atoms with E-state index in [1.165, 1.54) is 33.1 Å². The van der Waals surface area contributed by atoms with Gasteiger partial charge in [-0.25, -0.2) is 4.98 Å². The van der Waals surface area contributed by atoms with Crippen LogP contribution in [0, 0.1) is 0 Å². The van der Waals surface area contributed by atoms with Gasteiger partial charge in [0.05, 0.1) is 22.1 Å². The van der Waals surface area contributed by atoms with Gasteiger partial charge in [0, 0.05) is 44.5 Å². The van der Waals surface area contributed by atoms with Crippen LogP contribution < -0.4 is 0 Å². The predicted molar refractivity (Wildman–Crippen MR) is 175 cm³/mol. The van der Waals surface area contributed by atoms with Gasteiger partial charge < -0.3 is 4.57 Å². The molecule has 0 spiro atoms. The molecule has 3 heteroatoms. The normalized spacial score (nSPS) is 12.1. The maximum atomic E-state index is 4.81. The van der Waals surface area contributed by atoms with E-state index in [9.17, 15) is 0 Å². The Labute approximate surface area is 242 Å². The molecular formula is C38H37N3. The minimum absolute atomic E-state index is 0.0606. The molecule has 3 nitrogen and oxygen atoms in total. The van der Waals surface area contributed by atoms with Crippen LogP contribution in [-0.4, -0.2) is 14.5 Å². The zero-order chi connectivity index (χ0) is 28.8. The summed E-state index contributed by atoms with van der Waals surface area (Å²) in [7, 11) is 0. The minimum Gasteiger partial charge on any atom is -0.309 e. The van der Waals surface area contributed by atoms with Gasteiger partial charge in [-0.3, -0.25) is 4.98 Å². The van der Waals surface area contributed by atoms with Crippen LogP contribution in [0.5, 0.6) is 0 Å². The van der Waals surface area contributed by atoms with E-state index in [-0.39, 0.29) is 10.8 Å². The molecule has 0 bridgehead atoms. The lowest BCUT2D eigenvalue weighted by Crippen LogP contribution is -2.13. The van der Waals surface area contributed by atoms with Gasteiger partial charge in [-0.1, -0.05) is 114 Å². The van der Waals surface area contributed by atoms with Gasteiger partial charge in [0.2, 0.25) is 0 Å². The molecule has 0 N–H and O–H groups in total. The Morgan fingerprint density at radius 3 is 1.78 bits per heavy atom. The third kappa shape index (κ3) is 5.09. The molecule has 0 aliphatic heterocycles. The summed E-state index contributed by atoms with van der Waals surface area (Å²) in [5.41, 5.74) is 8.42. The molecule has 0 saturated carbocycles. The fourth-order valence-corrected chi connectivity index (χ4v) is 5.45. The number of rotatable bonds is 1. The van der Waals surface area contributed by atoms with Crippen molar-refractivity contribution in [1.82, 2.24) is 14.5 Å². The predicted octanol–water partition coefficient (Wildman–Crippen LogP) is 10.2. The van der Waals surface area contributed by atoms with Crippen LogP contribution in [0.3, 0.4) is 0 Å². The highest BCUT2D eigenvalue weighted by Gasteiger charge is 2.17. The Kier molecular flexibility index (Phi) is 6.62. The molecule has 0 radical (unpaired) electrons. The first-order valence-corrected chi connectivity index (χ1v) is 14.4. The maximum Gasteiger partial charge on any atom is 0.0968 e. The standard InChI is InChI=1S/C22H21N.C16H16N2/c1-22(2,3)16-9-8-10-17(15-16)23-20-13-6-4-11-18(20)19-12-5-7-14-21(19)23;1-16(2,3)13-9-8-12-7-6-11-5-4-10-17-14(11)15(12)18-13/h4-15H,1-3H3;4-10H,1-3H3. The van der Waals surface area contributed by atoms with Crippen molar-refractivity contribution in [1.29, 1.82) is 0 Å². The molecule has 0 saturated heterocycles. The lowest BCUT2D eigenvalue weighted by atomic mass is 9.87. The molecule has 41 heavy (non-hydrogen) atoms. The summed E-state index contributed by atoms with van der Waals surface area (Å²) in [6, 6.07) is 38.7. The van der Waals surface area contributed by atoms with E-state index in [1.54, 1.807) is 0 Å². The van der Waals surface area contributed by atoms with Gasteiger partial charge in [0.15, 0.2) is 0 Å². The van der Waals surface area contributed by atoms with Crippen LogP contribution in [0.2, 0.25) is 0 Å². The second-order valence-electron chi connectivity index (χ2n) is 12.8. The van der Waals surface area contributed by atoms with E-state index >= 15 is 0 Å². The average Bonchev–Trinajstić information content (AvgIpc) is 3.31. The van der Waals surface area contributed by atoms with E-state index in [2.05, 4.69) is 154 Å². The molecule has 3 aromatic heterocycles. The first-order chi connectivity index (χ1) is 19.6. The van der Waals surface area contributed by atoms with E-state index in [0.717, 1.165) is 27.5 Å². The molecule has 0 aliphatic carbocycles. The van der Waals surface area contributed by atoms with Crippen molar-refractivity contribution in [3.63, 3.8) is 0 Å². The molecule has 0 fully saturated rings. The van der Waals surface area contributed by atoms with Gasteiger partial charge in [-0.15, -0.1) is 0 Å². The Bertz CT molecular complexity index is 1960. The lowest BCUT2D eigenvalue weighted by Gasteiger charge is -2.20. The summed E-state index contributed by atoms with van der Waals surface area (Å²) in [6.45, 7) is 13.3. The summed E-state index contributed by atoms with van der Waals surface area (Å²) in [5, 5.41) is 4.91. The van der Waals surface area contributed by atoms with E-state index < -0.39 is 0 Å². The first kappa shape index (κ1) is 26.7. The van der Waals surface area contributed by atoms with Crippen molar-refractivity contribution >= 4 is 43.6 Å². The maximum absolute atomic E-state index is 4.81. The average molecular weight is 536 g/mol. The van der Waals surface area contributed by atoms with Crippen molar-refractivity contribution < 1.29 is 0 Å². The van der Waals surface area contributed by atoms with E-state index in [0.29, 0.717) is 0 Å². The second kappa shape index (κ2) is 10.2. The third-order valence-electron chi connectivity index (χ3n) is 7.75. The van der Waals surface area contributed by atoms with Gasteiger partial charge in [-0.2, -0.15) is 0 Å². The van der Waals surface area contributed by atoms with Crippen molar-refractivity contribution in [2.75, 3.05) is 0 Å². The van der Waals surface area contributed by atoms with Crippen LogP contribution in [-0.2, 0) is 10.8 Å². The number of pyridine rings is 2. The number of nitrogens with zero attached hydrogens (tertiary/aromatic N) is 3. The molecular weight excluding hydrogens is 498 g/mol. The highest BCUT2D eigenvalue weighted by molar-refractivity contribution is 6.09. The molecule has 4 aromatic carbocycles.